The lowest BCUT2D eigenvalue weighted by molar-refractivity contribution is 0.0973. The van der Waals surface area contributed by atoms with E-state index < -0.39 is 0 Å². The largest absolute Gasteiger partial charge is 0.493 e. The molecule has 0 aromatic heterocycles. The van der Waals surface area contributed by atoms with Gasteiger partial charge in [0.2, 0.25) is 0 Å². The second-order valence-electron chi connectivity index (χ2n) is 6.30. The number of thiocarbonyl (C=S) groups is 1. The van der Waals surface area contributed by atoms with E-state index in [0.717, 1.165) is 24.3 Å². The molecule has 0 saturated carbocycles. The Bertz CT molecular complexity index is 778. The number of carbonyl (C=O) groups is 1. The second kappa shape index (κ2) is 10.5. The van der Waals surface area contributed by atoms with Crippen molar-refractivity contribution < 1.29 is 14.3 Å². The molecule has 0 atom stereocenters. The molecule has 27 heavy (non-hydrogen) atoms. The van der Waals surface area contributed by atoms with Gasteiger partial charge >= 0.3 is 0 Å². The molecule has 2 aromatic carbocycles. The number of hydrogen-bond acceptors (Lipinski definition) is 4. The van der Waals surface area contributed by atoms with Gasteiger partial charge in [0, 0.05) is 11.8 Å². The summed E-state index contributed by atoms with van der Waals surface area (Å²) in [5.74, 6) is 0.978. The molecule has 144 valence electrons. The van der Waals surface area contributed by atoms with Crippen LogP contribution in [0.5, 0.6) is 11.5 Å². The monoisotopic (exact) mass is 386 g/mol. The summed E-state index contributed by atoms with van der Waals surface area (Å²) >= 11 is 5.27. The van der Waals surface area contributed by atoms with Gasteiger partial charge in [-0.05, 0) is 56.8 Å². The molecule has 0 fully saturated rings. The zero-order chi connectivity index (χ0) is 19.6. The predicted molar refractivity (Wildman–Crippen MR) is 113 cm³/mol. The number of ether oxygens (including phenoxy) is 2. The molecule has 2 aromatic rings. The second-order valence-corrected chi connectivity index (χ2v) is 6.71. The first-order chi connectivity index (χ1) is 13.0. The summed E-state index contributed by atoms with van der Waals surface area (Å²) in [5.41, 5.74) is 1.19. The molecule has 0 spiro atoms. The van der Waals surface area contributed by atoms with Gasteiger partial charge in [0.1, 0.15) is 11.5 Å². The summed E-state index contributed by atoms with van der Waals surface area (Å²) < 4.78 is 11.4. The number of nitrogens with one attached hydrogen (secondary N) is 2. The van der Waals surface area contributed by atoms with Crippen LogP contribution < -0.4 is 20.1 Å². The van der Waals surface area contributed by atoms with Crippen molar-refractivity contribution in [2.75, 3.05) is 11.9 Å². The molecule has 0 aliphatic heterocycles. The van der Waals surface area contributed by atoms with E-state index in [1.807, 2.05) is 44.2 Å². The zero-order valence-electron chi connectivity index (χ0n) is 16.0. The van der Waals surface area contributed by atoms with Crippen LogP contribution in [0.4, 0.5) is 5.69 Å². The summed E-state index contributed by atoms with van der Waals surface area (Å²) in [6.45, 7) is 6.59. The van der Waals surface area contributed by atoms with Gasteiger partial charge in [-0.25, -0.2) is 0 Å². The van der Waals surface area contributed by atoms with E-state index in [4.69, 9.17) is 21.7 Å². The number of para-hydroxylation sites is 1. The van der Waals surface area contributed by atoms with Gasteiger partial charge in [-0.2, -0.15) is 0 Å². The van der Waals surface area contributed by atoms with Crippen LogP contribution in [0.2, 0.25) is 0 Å². The molecule has 0 radical (unpaired) electrons. The third-order valence-corrected chi connectivity index (χ3v) is 3.78. The smallest absolute Gasteiger partial charge is 0.261 e. The van der Waals surface area contributed by atoms with Gasteiger partial charge in [0.15, 0.2) is 5.11 Å². The molecule has 0 aliphatic rings. The summed E-state index contributed by atoms with van der Waals surface area (Å²) in [6.07, 6.45) is 2.04. The maximum atomic E-state index is 12.6. The Morgan fingerprint density at radius 1 is 1.15 bits per heavy atom. The molecular weight excluding hydrogens is 360 g/mol. The van der Waals surface area contributed by atoms with Crippen LogP contribution in [0.3, 0.4) is 0 Å². The maximum Gasteiger partial charge on any atom is 0.261 e. The fourth-order valence-corrected chi connectivity index (χ4v) is 2.57. The third kappa shape index (κ3) is 6.90. The van der Waals surface area contributed by atoms with Crippen molar-refractivity contribution in [2.24, 2.45) is 0 Å². The van der Waals surface area contributed by atoms with Crippen LogP contribution >= 0.6 is 12.2 Å². The van der Waals surface area contributed by atoms with Crippen LogP contribution in [-0.4, -0.2) is 23.7 Å². The molecular formula is C21H26N2O3S. The molecule has 2 N–H and O–H groups in total. The molecule has 5 nitrogen and oxygen atoms in total. The first-order valence-electron chi connectivity index (χ1n) is 9.10. The highest BCUT2D eigenvalue weighted by Gasteiger charge is 2.13. The lowest BCUT2D eigenvalue weighted by Crippen LogP contribution is -2.34. The number of hydrogen-bond donors (Lipinski definition) is 2. The lowest BCUT2D eigenvalue weighted by Gasteiger charge is -2.14. The lowest BCUT2D eigenvalue weighted by atomic mass is 10.2. The van der Waals surface area contributed by atoms with Gasteiger partial charge in [0.25, 0.3) is 5.91 Å². The van der Waals surface area contributed by atoms with Gasteiger partial charge in [0.05, 0.1) is 18.3 Å². The highest BCUT2D eigenvalue weighted by atomic mass is 32.1. The third-order valence-electron chi connectivity index (χ3n) is 3.58. The average Bonchev–Trinajstić information content (AvgIpc) is 2.62. The van der Waals surface area contributed by atoms with Gasteiger partial charge in [-0.15, -0.1) is 0 Å². The van der Waals surface area contributed by atoms with Crippen LogP contribution in [0.25, 0.3) is 0 Å². The summed E-state index contributed by atoms with van der Waals surface area (Å²) in [7, 11) is 0. The Labute approximate surface area is 166 Å². The molecule has 2 rings (SSSR count). The van der Waals surface area contributed by atoms with Crippen LogP contribution in [0, 0.1) is 0 Å². The Hall–Kier alpha value is -2.60. The SMILES string of the molecule is CCCCOc1ccccc1C(=O)NC(=S)Nc1cccc(OC(C)C)c1. The van der Waals surface area contributed by atoms with E-state index >= 15 is 0 Å². The summed E-state index contributed by atoms with van der Waals surface area (Å²) in [4.78, 5) is 12.6. The van der Waals surface area contributed by atoms with E-state index in [-0.39, 0.29) is 17.1 Å². The number of unbranched alkanes of at least 4 members (excludes halogenated alkanes) is 1. The Balaban J connectivity index is 1.99. The number of carbonyl (C=O) groups excluding carboxylic acids is 1. The van der Waals surface area contributed by atoms with Crippen molar-refractivity contribution in [3.05, 3.63) is 54.1 Å². The standard InChI is InChI=1S/C21H26N2O3S/c1-4-5-13-25-19-12-7-6-11-18(19)20(24)23-21(27)22-16-9-8-10-17(14-16)26-15(2)3/h6-12,14-15H,4-5,13H2,1-3H3,(H2,22,23,24,27). The molecule has 0 bridgehead atoms. The molecule has 0 saturated heterocycles. The Kier molecular flexibility index (Phi) is 8.07. The van der Waals surface area contributed by atoms with Crippen molar-refractivity contribution in [3.63, 3.8) is 0 Å². The summed E-state index contributed by atoms with van der Waals surface area (Å²) in [6, 6.07) is 14.6. The van der Waals surface area contributed by atoms with Crippen LogP contribution in [-0.2, 0) is 0 Å². The van der Waals surface area contributed by atoms with Crippen LogP contribution in [0.15, 0.2) is 48.5 Å². The molecule has 0 unspecified atom stereocenters. The van der Waals surface area contributed by atoms with Crippen molar-refractivity contribution >= 4 is 28.9 Å². The van der Waals surface area contributed by atoms with Crippen molar-refractivity contribution in [1.29, 1.82) is 0 Å². The normalized spacial score (nSPS) is 10.4. The van der Waals surface area contributed by atoms with Gasteiger partial charge in [-0.1, -0.05) is 31.5 Å². The number of amides is 1. The summed E-state index contributed by atoms with van der Waals surface area (Å²) in [5, 5.41) is 5.92. The van der Waals surface area contributed by atoms with E-state index in [9.17, 15) is 4.79 Å². The topological polar surface area (TPSA) is 59.6 Å². The predicted octanol–water partition coefficient (Wildman–Crippen LogP) is 4.78. The van der Waals surface area contributed by atoms with E-state index in [1.54, 1.807) is 18.2 Å². The number of rotatable bonds is 8. The molecule has 1 amide bonds. The Morgan fingerprint density at radius 3 is 2.67 bits per heavy atom. The van der Waals surface area contributed by atoms with Crippen molar-refractivity contribution in [3.8, 4) is 11.5 Å². The van der Waals surface area contributed by atoms with E-state index in [1.165, 1.54) is 0 Å². The van der Waals surface area contributed by atoms with Gasteiger partial charge < -0.3 is 14.8 Å². The highest BCUT2D eigenvalue weighted by molar-refractivity contribution is 7.80. The van der Waals surface area contributed by atoms with Crippen molar-refractivity contribution in [1.82, 2.24) is 5.32 Å². The van der Waals surface area contributed by atoms with Crippen molar-refractivity contribution in [2.45, 2.75) is 39.7 Å². The minimum Gasteiger partial charge on any atom is -0.493 e. The molecule has 0 aliphatic carbocycles. The minimum absolute atomic E-state index is 0.0797. The van der Waals surface area contributed by atoms with Crippen LogP contribution in [0.1, 0.15) is 44.0 Å². The first-order valence-corrected chi connectivity index (χ1v) is 9.51. The number of anilines is 1. The fraction of sp³-hybridized carbons (Fsp3) is 0.333. The number of benzene rings is 2. The first kappa shape index (κ1) is 20.7. The average molecular weight is 387 g/mol. The minimum atomic E-state index is -0.311. The molecule has 0 heterocycles. The maximum absolute atomic E-state index is 12.6. The van der Waals surface area contributed by atoms with E-state index in [2.05, 4.69) is 17.6 Å². The fourth-order valence-electron chi connectivity index (χ4n) is 2.36. The zero-order valence-corrected chi connectivity index (χ0v) is 16.8. The van der Waals surface area contributed by atoms with E-state index in [0.29, 0.717) is 17.9 Å². The Morgan fingerprint density at radius 2 is 1.93 bits per heavy atom. The molecule has 6 heteroatoms. The van der Waals surface area contributed by atoms with Gasteiger partial charge in [-0.3, -0.25) is 10.1 Å². The quantitative estimate of drug-likeness (QED) is 0.505. The highest BCUT2D eigenvalue weighted by Crippen LogP contribution is 2.20.